The standard InChI is InChI=1S/C25H27ClN2O4S/c1-4-20-7-5-6-18(2)25(20)27-24(29)17-32-23-14-12-22(13-15-23)28(33(3,30)31)16-19-8-10-21(26)11-9-19/h5-15H,4,16-17H2,1-3H3,(H,27,29). The van der Waals surface area contributed by atoms with Gasteiger partial charge in [-0.15, -0.1) is 0 Å². The summed E-state index contributed by atoms with van der Waals surface area (Å²) in [5.74, 6) is 0.206. The Kier molecular flexibility index (Phi) is 8.00. The molecule has 0 aliphatic rings. The van der Waals surface area contributed by atoms with Crippen LogP contribution in [0, 0.1) is 6.92 Å². The summed E-state index contributed by atoms with van der Waals surface area (Å²) in [7, 11) is -3.51. The van der Waals surface area contributed by atoms with Gasteiger partial charge in [-0.3, -0.25) is 9.10 Å². The van der Waals surface area contributed by atoms with Crippen molar-refractivity contribution in [2.45, 2.75) is 26.8 Å². The molecule has 8 heteroatoms. The molecule has 0 bridgehead atoms. The highest BCUT2D eigenvalue weighted by molar-refractivity contribution is 7.92. The van der Waals surface area contributed by atoms with E-state index in [1.54, 1.807) is 48.5 Å². The van der Waals surface area contributed by atoms with Gasteiger partial charge in [-0.2, -0.15) is 0 Å². The number of aryl methyl sites for hydroxylation is 2. The van der Waals surface area contributed by atoms with E-state index in [0.29, 0.717) is 16.5 Å². The smallest absolute Gasteiger partial charge is 0.262 e. The van der Waals surface area contributed by atoms with Crippen molar-refractivity contribution >= 4 is 38.9 Å². The van der Waals surface area contributed by atoms with Gasteiger partial charge in [0.05, 0.1) is 18.5 Å². The van der Waals surface area contributed by atoms with Crippen LogP contribution in [-0.2, 0) is 27.8 Å². The Morgan fingerprint density at radius 3 is 2.30 bits per heavy atom. The molecule has 0 aliphatic heterocycles. The van der Waals surface area contributed by atoms with Gasteiger partial charge in [-0.1, -0.05) is 48.9 Å². The van der Waals surface area contributed by atoms with Crippen molar-refractivity contribution in [2.24, 2.45) is 0 Å². The first-order valence-corrected chi connectivity index (χ1v) is 12.7. The van der Waals surface area contributed by atoms with Crippen molar-refractivity contribution < 1.29 is 17.9 Å². The maximum Gasteiger partial charge on any atom is 0.262 e. The minimum Gasteiger partial charge on any atom is -0.484 e. The average Bonchev–Trinajstić information content (AvgIpc) is 2.78. The third kappa shape index (κ3) is 6.73. The van der Waals surface area contributed by atoms with Gasteiger partial charge in [0.2, 0.25) is 10.0 Å². The van der Waals surface area contributed by atoms with Crippen LogP contribution in [0.2, 0.25) is 5.02 Å². The zero-order valence-corrected chi connectivity index (χ0v) is 20.4. The molecule has 0 aromatic heterocycles. The fourth-order valence-electron chi connectivity index (χ4n) is 3.39. The van der Waals surface area contributed by atoms with Crippen LogP contribution < -0.4 is 14.4 Å². The second kappa shape index (κ2) is 10.7. The highest BCUT2D eigenvalue weighted by Crippen LogP contribution is 2.25. The van der Waals surface area contributed by atoms with E-state index in [-0.39, 0.29) is 19.1 Å². The topological polar surface area (TPSA) is 75.7 Å². The molecule has 0 saturated heterocycles. The molecule has 33 heavy (non-hydrogen) atoms. The Bertz CT molecular complexity index is 1210. The van der Waals surface area contributed by atoms with Gasteiger partial charge < -0.3 is 10.1 Å². The molecule has 0 saturated carbocycles. The molecule has 0 unspecified atom stereocenters. The molecule has 1 amide bonds. The molecule has 3 aromatic carbocycles. The first-order valence-electron chi connectivity index (χ1n) is 10.5. The zero-order chi connectivity index (χ0) is 24.0. The van der Waals surface area contributed by atoms with Gasteiger partial charge >= 0.3 is 0 Å². The first-order chi connectivity index (χ1) is 15.7. The maximum atomic E-state index is 12.4. The Labute approximate surface area is 200 Å². The molecule has 0 aliphatic carbocycles. The van der Waals surface area contributed by atoms with E-state index in [2.05, 4.69) is 5.32 Å². The number of nitrogens with zero attached hydrogens (tertiary/aromatic N) is 1. The fourth-order valence-corrected chi connectivity index (χ4v) is 4.40. The minimum atomic E-state index is -3.51. The minimum absolute atomic E-state index is 0.155. The summed E-state index contributed by atoms with van der Waals surface area (Å²) in [4.78, 5) is 12.4. The number of hydrogen-bond donors (Lipinski definition) is 1. The number of halogens is 1. The molecule has 0 heterocycles. The molecular formula is C25H27ClN2O4S. The lowest BCUT2D eigenvalue weighted by molar-refractivity contribution is -0.118. The second-order valence-electron chi connectivity index (χ2n) is 7.69. The number of nitrogens with one attached hydrogen (secondary N) is 1. The van der Waals surface area contributed by atoms with Gasteiger partial charge in [0, 0.05) is 10.7 Å². The van der Waals surface area contributed by atoms with Crippen molar-refractivity contribution in [1.29, 1.82) is 0 Å². The second-order valence-corrected chi connectivity index (χ2v) is 10.0. The summed E-state index contributed by atoms with van der Waals surface area (Å²) in [6, 6.07) is 19.5. The number of ether oxygens (including phenoxy) is 1. The van der Waals surface area contributed by atoms with Crippen molar-refractivity contribution in [2.75, 3.05) is 22.5 Å². The van der Waals surface area contributed by atoms with E-state index in [4.69, 9.17) is 16.3 Å². The summed E-state index contributed by atoms with van der Waals surface area (Å²) in [5.41, 5.74) is 4.18. The van der Waals surface area contributed by atoms with Crippen molar-refractivity contribution in [3.05, 3.63) is 88.4 Å². The van der Waals surface area contributed by atoms with E-state index in [0.717, 1.165) is 35.1 Å². The Hall–Kier alpha value is -3.03. The normalized spacial score (nSPS) is 11.2. The molecule has 3 aromatic rings. The van der Waals surface area contributed by atoms with Crippen LogP contribution in [0.4, 0.5) is 11.4 Å². The van der Waals surface area contributed by atoms with Crippen LogP contribution in [0.25, 0.3) is 0 Å². The van der Waals surface area contributed by atoms with Gasteiger partial charge in [0.25, 0.3) is 5.91 Å². The molecule has 0 spiro atoms. The zero-order valence-electron chi connectivity index (χ0n) is 18.8. The molecule has 174 valence electrons. The number of amides is 1. The lowest BCUT2D eigenvalue weighted by atomic mass is 10.1. The Balaban J connectivity index is 1.66. The monoisotopic (exact) mass is 486 g/mol. The number of hydrogen-bond acceptors (Lipinski definition) is 4. The van der Waals surface area contributed by atoms with E-state index in [1.807, 2.05) is 32.0 Å². The van der Waals surface area contributed by atoms with E-state index in [9.17, 15) is 13.2 Å². The molecule has 1 N–H and O–H groups in total. The Morgan fingerprint density at radius 1 is 1.03 bits per heavy atom. The average molecular weight is 487 g/mol. The molecule has 0 fully saturated rings. The molecular weight excluding hydrogens is 460 g/mol. The summed E-state index contributed by atoms with van der Waals surface area (Å²) < 4.78 is 31.7. The third-order valence-corrected chi connectivity index (χ3v) is 6.53. The van der Waals surface area contributed by atoms with Crippen LogP contribution in [0.1, 0.15) is 23.6 Å². The largest absolute Gasteiger partial charge is 0.484 e. The van der Waals surface area contributed by atoms with E-state index >= 15 is 0 Å². The van der Waals surface area contributed by atoms with Gasteiger partial charge in [-0.25, -0.2) is 8.42 Å². The lowest BCUT2D eigenvalue weighted by Gasteiger charge is -2.23. The third-order valence-electron chi connectivity index (χ3n) is 5.14. The van der Waals surface area contributed by atoms with E-state index in [1.165, 1.54) is 4.31 Å². The number of carbonyl (C=O) groups is 1. The van der Waals surface area contributed by atoms with E-state index < -0.39 is 10.0 Å². The lowest BCUT2D eigenvalue weighted by Crippen LogP contribution is -2.29. The summed E-state index contributed by atoms with van der Waals surface area (Å²) >= 11 is 5.92. The van der Waals surface area contributed by atoms with Gasteiger partial charge in [0.1, 0.15) is 5.75 Å². The number of sulfonamides is 1. The number of para-hydroxylation sites is 1. The predicted molar refractivity (Wildman–Crippen MR) is 134 cm³/mol. The highest BCUT2D eigenvalue weighted by atomic mass is 35.5. The number of rotatable bonds is 9. The molecule has 6 nitrogen and oxygen atoms in total. The number of benzene rings is 3. The van der Waals surface area contributed by atoms with Crippen molar-refractivity contribution in [3.63, 3.8) is 0 Å². The number of anilines is 2. The SMILES string of the molecule is CCc1cccc(C)c1NC(=O)COc1ccc(N(Cc2ccc(Cl)cc2)S(C)(=O)=O)cc1. The quantitative estimate of drug-likeness (QED) is 0.451. The molecule has 0 radical (unpaired) electrons. The molecule has 3 rings (SSSR count). The van der Waals surface area contributed by atoms with Crippen LogP contribution in [0.5, 0.6) is 5.75 Å². The van der Waals surface area contributed by atoms with Crippen molar-refractivity contribution in [3.8, 4) is 5.75 Å². The van der Waals surface area contributed by atoms with Crippen LogP contribution in [0.15, 0.2) is 66.7 Å². The summed E-state index contributed by atoms with van der Waals surface area (Å²) in [6.45, 7) is 4.01. The van der Waals surface area contributed by atoms with Gasteiger partial charge in [0.15, 0.2) is 6.61 Å². The van der Waals surface area contributed by atoms with Crippen LogP contribution >= 0.6 is 11.6 Å². The number of carbonyl (C=O) groups excluding carboxylic acids is 1. The first kappa shape index (κ1) is 24.6. The fraction of sp³-hybridized carbons (Fsp3) is 0.240. The highest BCUT2D eigenvalue weighted by Gasteiger charge is 2.18. The maximum absolute atomic E-state index is 12.4. The van der Waals surface area contributed by atoms with Crippen molar-refractivity contribution in [1.82, 2.24) is 0 Å². The van der Waals surface area contributed by atoms with Crippen LogP contribution in [-0.4, -0.2) is 27.2 Å². The van der Waals surface area contributed by atoms with Crippen LogP contribution in [0.3, 0.4) is 0 Å². The Morgan fingerprint density at radius 2 is 1.70 bits per heavy atom. The summed E-state index contributed by atoms with van der Waals surface area (Å²) in [6.07, 6.45) is 1.97. The molecule has 0 atom stereocenters. The van der Waals surface area contributed by atoms with Gasteiger partial charge in [-0.05, 0) is 66.4 Å². The predicted octanol–water partition coefficient (Wildman–Crippen LogP) is 5.19. The summed E-state index contributed by atoms with van der Waals surface area (Å²) in [5, 5.41) is 3.51.